The van der Waals surface area contributed by atoms with E-state index in [4.69, 9.17) is 0 Å². The number of hydrogen-bond acceptors (Lipinski definition) is 2. The van der Waals surface area contributed by atoms with E-state index in [-0.39, 0.29) is 0 Å². The van der Waals surface area contributed by atoms with E-state index in [0.29, 0.717) is 6.04 Å². The Kier molecular flexibility index (Phi) is 9.66. The lowest BCUT2D eigenvalue weighted by atomic mass is 10.1. The molecular formula is C16H26BrNS. The molecule has 0 radical (unpaired) electrons. The van der Waals surface area contributed by atoms with Crippen molar-refractivity contribution in [2.75, 3.05) is 12.3 Å². The first kappa shape index (κ1) is 17.1. The zero-order chi connectivity index (χ0) is 13.9. The molecule has 0 saturated heterocycles. The van der Waals surface area contributed by atoms with Gasteiger partial charge in [-0.25, -0.2) is 0 Å². The summed E-state index contributed by atoms with van der Waals surface area (Å²) in [5, 5.41) is 3.61. The van der Waals surface area contributed by atoms with Crippen LogP contribution in [0.2, 0.25) is 0 Å². The fraction of sp³-hybridized carbons (Fsp3) is 0.625. The fourth-order valence-corrected chi connectivity index (χ4v) is 3.72. The van der Waals surface area contributed by atoms with Gasteiger partial charge in [0.15, 0.2) is 0 Å². The average molecular weight is 344 g/mol. The van der Waals surface area contributed by atoms with Crippen molar-refractivity contribution in [2.24, 2.45) is 0 Å². The van der Waals surface area contributed by atoms with Crippen molar-refractivity contribution in [3.63, 3.8) is 0 Å². The Morgan fingerprint density at radius 2 is 2.05 bits per heavy atom. The predicted octanol–water partition coefficient (Wildman–Crippen LogP) is 5.49. The lowest BCUT2D eigenvalue weighted by Crippen LogP contribution is -2.31. The number of halogens is 1. The molecule has 1 unspecified atom stereocenters. The maximum atomic E-state index is 3.61. The van der Waals surface area contributed by atoms with Crippen molar-refractivity contribution < 1.29 is 0 Å². The van der Waals surface area contributed by atoms with Gasteiger partial charge in [-0.3, -0.25) is 0 Å². The molecule has 0 aromatic heterocycles. The highest BCUT2D eigenvalue weighted by Gasteiger charge is 2.07. The normalized spacial score (nSPS) is 12.6. The van der Waals surface area contributed by atoms with Crippen LogP contribution in [0.15, 0.2) is 33.6 Å². The van der Waals surface area contributed by atoms with Gasteiger partial charge in [0.2, 0.25) is 0 Å². The topological polar surface area (TPSA) is 12.0 Å². The van der Waals surface area contributed by atoms with Gasteiger partial charge in [-0.05, 0) is 31.2 Å². The Morgan fingerprint density at radius 3 is 2.74 bits per heavy atom. The average Bonchev–Trinajstić information content (AvgIpc) is 2.41. The Morgan fingerprint density at radius 1 is 1.21 bits per heavy atom. The zero-order valence-corrected chi connectivity index (χ0v) is 14.5. The third-order valence-corrected chi connectivity index (χ3v) is 4.80. The summed E-state index contributed by atoms with van der Waals surface area (Å²) < 4.78 is 1.17. The summed E-state index contributed by atoms with van der Waals surface area (Å²) in [7, 11) is 0. The van der Waals surface area contributed by atoms with Crippen LogP contribution in [0.5, 0.6) is 0 Å². The fourth-order valence-electron chi connectivity index (χ4n) is 2.10. The van der Waals surface area contributed by atoms with Crippen molar-refractivity contribution in [3.8, 4) is 0 Å². The van der Waals surface area contributed by atoms with Gasteiger partial charge in [-0.15, -0.1) is 11.8 Å². The molecule has 0 bridgehead atoms. The summed E-state index contributed by atoms with van der Waals surface area (Å²) in [6, 6.07) is 9.22. The van der Waals surface area contributed by atoms with Crippen molar-refractivity contribution >= 4 is 27.7 Å². The molecular weight excluding hydrogens is 318 g/mol. The summed E-state index contributed by atoms with van der Waals surface area (Å²) >= 11 is 5.48. The van der Waals surface area contributed by atoms with E-state index < -0.39 is 0 Å². The van der Waals surface area contributed by atoms with Crippen molar-refractivity contribution in [1.82, 2.24) is 5.32 Å². The zero-order valence-electron chi connectivity index (χ0n) is 12.1. The lowest BCUT2D eigenvalue weighted by molar-refractivity contribution is 0.500. The molecule has 19 heavy (non-hydrogen) atoms. The summed E-state index contributed by atoms with van der Waals surface area (Å²) in [6.45, 7) is 5.53. The standard InChI is InChI=1S/C16H26BrNS/c1-3-5-6-7-10-15(18-4-2)13-19-16-11-8-9-14(17)12-16/h8-9,11-12,15,18H,3-7,10,13H2,1-2H3. The van der Waals surface area contributed by atoms with Crippen LogP contribution >= 0.6 is 27.7 Å². The first-order chi connectivity index (χ1) is 9.26. The molecule has 3 heteroatoms. The molecule has 0 amide bonds. The molecule has 0 aliphatic rings. The van der Waals surface area contributed by atoms with Crippen molar-refractivity contribution in [2.45, 2.75) is 56.9 Å². The molecule has 0 spiro atoms. The second-order valence-electron chi connectivity index (χ2n) is 4.87. The Bertz CT molecular complexity index is 343. The van der Waals surface area contributed by atoms with E-state index in [1.165, 1.54) is 41.5 Å². The van der Waals surface area contributed by atoms with Crippen LogP contribution < -0.4 is 5.32 Å². The van der Waals surface area contributed by atoms with Gasteiger partial charge in [-0.2, -0.15) is 0 Å². The molecule has 1 atom stereocenters. The molecule has 108 valence electrons. The first-order valence-electron chi connectivity index (χ1n) is 7.38. The van der Waals surface area contributed by atoms with Crippen LogP contribution in [-0.4, -0.2) is 18.3 Å². The van der Waals surface area contributed by atoms with Gasteiger partial charge in [0.1, 0.15) is 0 Å². The third-order valence-electron chi connectivity index (χ3n) is 3.15. The second-order valence-corrected chi connectivity index (χ2v) is 6.88. The number of benzene rings is 1. The molecule has 0 aliphatic heterocycles. The van der Waals surface area contributed by atoms with Crippen LogP contribution in [0, 0.1) is 0 Å². The van der Waals surface area contributed by atoms with Crippen LogP contribution in [0.25, 0.3) is 0 Å². The van der Waals surface area contributed by atoms with E-state index in [9.17, 15) is 0 Å². The molecule has 1 N–H and O–H groups in total. The maximum absolute atomic E-state index is 3.61. The SMILES string of the molecule is CCCCCCC(CSc1cccc(Br)c1)NCC. The van der Waals surface area contributed by atoms with Gasteiger partial charge < -0.3 is 5.32 Å². The minimum atomic E-state index is 0.644. The monoisotopic (exact) mass is 343 g/mol. The third kappa shape index (κ3) is 8.01. The highest BCUT2D eigenvalue weighted by atomic mass is 79.9. The van der Waals surface area contributed by atoms with E-state index in [2.05, 4.69) is 59.4 Å². The number of thioether (sulfide) groups is 1. The molecule has 1 aromatic carbocycles. The number of rotatable bonds is 10. The van der Waals surface area contributed by atoms with E-state index in [1.807, 2.05) is 11.8 Å². The van der Waals surface area contributed by atoms with Gasteiger partial charge in [0.05, 0.1) is 0 Å². The molecule has 1 nitrogen and oxygen atoms in total. The minimum absolute atomic E-state index is 0.644. The molecule has 0 fully saturated rings. The summed E-state index contributed by atoms with van der Waals surface area (Å²) in [5.41, 5.74) is 0. The predicted molar refractivity (Wildman–Crippen MR) is 91.1 cm³/mol. The van der Waals surface area contributed by atoms with Crippen molar-refractivity contribution in [3.05, 3.63) is 28.7 Å². The minimum Gasteiger partial charge on any atom is -0.313 e. The van der Waals surface area contributed by atoms with Gasteiger partial charge in [0, 0.05) is 21.2 Å². The summed E-state index contributed by atoms with van der Waals surface area (Å²) in [4.78, 5) is 1.35. The second kappa shape index (κ2) is 10.8. The van der Waals surface area contributed by atoms with Gasteiger partial charge in [0.25, 0.3) is 0 Å². The molecule has 0 saturated carbocycles. The summed E-state index contributed by atoms with van der Waals surface area (Å²) in [6.07, 6.45) is 6.72. The van der Waals surface area contributed by atoms with Crippen LogP contribution in [0.3, 0.4) is 0 Å². The molecule has 0 aliphatic carbocycles. The summed E-state index contributed by atoms with van der Waals surface area (Å²) in [5.74, 6) is 1.16. The van der Waals surface area contributed by atoms with E-state index in [0.717, 1.165) is 12.3 Å². The maximum Gasteiger partial charge on any atom is 0.0186 e. The number of hydrogen-bond donors (Lipinski definition) is 1. The highest BCUT2D eigenvalue weighted by molar-refractivity contribution is 9.10. The van der Waals surface area contributed by atoms with E-state index >= 15 is 0 Å². The van der Waals surface area contributed by atoms with E-state index in [1.54, 1.807) is 0 Å². The first-order valence-corrected chi connectivity index (χ1v) is 9.15. The Labute approximate surface area is 131 Å². The lowest BCUT2D eigenvalue weighted by Gasteiger charge is -2.17. The molecule has 0 heterocycles. The Balaban J connectivity index is 2.32. The largest absolute Gasteiger partial charge is 0.313 e. The molecule has 1 rings (SSSR count). The number of nitrogens with one attached hydrogen (secondary N) is 1. The van der Waals surface area contributed by atoms with Crippen LogP contribution in [0.1, 0.15) is 46.0 Å². The Hall–Kier alpha value is 0.01000. The smallest absolute Gasteiger partial charge is 0.0186 e. The quantitative estimate of drug-likeness (QED) is 0.445. The van der Waals surface area contributed by atoms with Gasteiger partial charge in [-0.1, -0.05) is 61.5 Å². The van der Waals surface area contributed by atoms with Gasteiger partial charge >= 0.3 is 0 Å². The molecule has 1 aromatic rings. The number of unbranched alkanes of at least 4 members (excludes halogenated alkanes) is 3. The van der Waals surface area contributed by atoms with Crippen LogP contribution in [0.4, 0.5) is 0 Å². The van der Waals surface area contributed by atoms with Crippen LogP contribution in [-0.2, 0) is 0 Å². The highest BCUT2D eigenvalue weighted by Crippen LogP contribution is 2.23. The van der Waals surface area contributed by atoms with Crippen molar-refractivity contribution in [1.29, 1.82) is 0 Å².